The van der Waals surface area contributed by atoms with Crippen LogP contribution in [0.25, 0.3) is 0 Å². The Bertz CT molecular complexity index is 718. The Morgan fingerprint density at radius 3 is 2.62 bits per heavy atom. The molecule has 0 spiro atoms. The summed E-state index contributed by atoms with van der Waals surface area (Å²) < 4.78 is 10.8. The molecule has 1 aromatic carbocycles. The summed E-state index contributed by atoms with van der Waals surface area (Å²) in [5, 5.41) is 9.10. The molecule has 1 aliphatic rings. The number of carboxylic acid groups (broad SMARTS) is 1. The molecule has 0 bridgehead atoms. The van der Waals surface area contributed by atoms with Gasteiger partial charge < -0.3 is 19.2 Å². The molecule has 6 heteroatoms. The number of hydrogen-bond acceptors (Lipinski definition) is 5. The molecule has 0 saturated carbocycles. The van der Waals surface area contributed by atoms with Crippen LogP contribution in [-0.2, 0) is 6.54 Å². The minimum absolute atomic E-state index is 0.250. The second-order valence-electron chi connectivity index (χ2n) is 5.95. The van der Waals surface area contributed by atoms with Gasteiger partial charge in [0.25, 0.3) is 0 Å². The summed E-state index contributed by atoms with van der Waals surface area (Å²) in [7, 11) is 1.67. The highest BCUT2D eigenvalue weighted by molar-refractivity contribution is 5.88. The lowest BCUT2D eigenvalue weighted by Crippen LogP contribution is -2.45. The van der Waals surface area contributed by atoms with E-state index in [1.807, 2.05) is 18.2 Å². The summed E-state index contributed by atoms with van der Waals surface area (Å²) in [6.45, 7) is 5.96. The zero-order valence-corrected chi connectivity index (χ0v) is 14.0. The molecule has 1 aliphatic heterocycles. The first kappa shape index (κ1) is 16.4. The van der Waals surface area contributed by atoms with Crippen molar-refractivity contribution in [3.63, 3.8) is 0 Å². The number of rotatable bonds is 5. The van der Waals surface area contributed by atoms with Crippen LogP contribution in [-0.4, -0.2) is 49.3 Å². The number of anilines is 1. The molecule has 0 unspecified atom stereocenters. The van der Waals surface area contributed by atoms with E-state index in [1.165, 1.54) is 0 Å². The van der Waals surface area contributed by atoms with Gasteiger partial charge in [-0.3, -0.25) is 4.90 Å². The van der Waals surface area contributed by atoms with Gasteiger partial charge in [-0.25, -0.2) is 4.79 Å². The van der Waals surface area contributed by atoms with E-state index < -0.39 is 5.97 Å². The standard InChI is InChI=1S/C18H22N2O4/c1-13-17(18(21)22)11-16(24-13)12-19-6-8-20(9-7-19)14-4-3-5-15(10-14)23-2/h3-5,10-11H,6-9,12H2,1-2H3,(H,21,22). The van der Waals surface area contributed by atoms with Crippen LogP contribution in [0.5, 0.6) is 5.75 Å². The van der Waals surface area contributed by atoms with E-state index in [0.29, 0.717) is 18.1 Å². The zero-order valence-electron chi connectivity index (χ0n) is 14.0. The van der Waals surface area contributed by atoms with Crippen LogP contribution in [0.2, 0.25) is 0 Å². The van der Waals surface area contributed by atoms with Crippen molar-refractivity contribution in [2.75, 3.05) is 38.2 Å². The number of carbonyl (C=O) groups is 1. The minimum atomic E-state index is -0.939. The predicted octanol–water partition coefficient (Wildman–Crippen LogP) is 2.62. The molecule has 0 radical (unpaired) electrons. The highest BCUT2D eigenvalue weighted by Gasteiger charge is 2.20. The number of benzene rings is 1. The van der Waals surface area contributed by atoms with Gasteiger partial charge in [0.2, 0.25) is 0 Å². The largest absolute Gasteiger partial charge is 0.497 e. The van der Waals surface area contributed by atoms with Crippen LogP contribution in [0.3, 0.4) is 0 Å². The number of piperazine rings is 1. The molecule has 1 aromatic heterocycles. The summed E-state index contributed by atoms with van der Waals surface area (Å²) in [5.74, 6) is 1.10. The van der Waals surface area contributed by atoms with Gasteiger partial charge in [-0.05, 0) is 25.1 Å². The second-order valence-corrected chi connectivity index (χ2v) is 5.95. The van der Waals surface area contributed by atoms with Crippen LogP contribution < -0.4 is 9.64 Å². The minimum Gasteiger partial charge on any atom is -0.497 e. The molecular formula is C18H22N2O4. The number of nitrogens with zero attached hydrogens (tertiary/aromatic N) is 2. The highest BCUT2D eigenvalue weighted by atomic mass is 16.5. The maximum atomic E-state index is 11.1. The lowest BCUT2D eigenvalue weighted by molar-refractivity contribution is 0.0695. The Balaban J connectivity index is 1.59. The average Bonchev–Trinajstić information content (AvgIpc) is 2.96. The van der Waals surface area contributed by atoms with Gasteiger partial charge >= 0.3 is 5.97 Å². The topological polar surface area (TPSA) is 66.2 Å². The number of hydrogen-bond donors (Lipinski definition) is 1. The first-order chi connectivity index (χ1) is 11.6. The van der Waals surface area contributed by atoms with Gasteiger partial charge in [0.15, 0.2) is 0 Å². The number of ether oxygens (including phenoxy) is 1. The predicted molar refractivity (Wildman–Crippen MR) is 90.9 cm³/mol. The third kappa shape index (κ3) is 3.54. The molecule has 0 amide bonds. The lowest BCUT2D eigenvalue weighted by atomic mass is 10.2. The van der Waals surface area contributed by atoms with Crippen molar-refractivity contribution < 1.29 is 19.1 Å². The van der Waals surface area contributed by atoms with Crippen LogP contribution in [0.4, 0.5) is 5.69 Å². The maximum absolute atomic E-state index is 11.1. The Kier molecular flexibility index (Phi) is 4.76. The van der Waals surface area contributed by atoms with Crippen LogP contribution in [0.1, 0.15) is 21.9 Å². The molecule has 1 N–H and O–H groups in total. The average molecular weight is 330 g/mol. The fourth-order valence-corrected chi connectivity index (χ4v) is 3.03. The normalized spacial score (nSPS) is 15.5. The number of furan rings is 1. The molecule has 1 saturated heterocycles. The molecule has 0 aliphatic carbocycles. The van der Waals surface area contributed by atoms with Gasteiger partial charge in [0.05, 0.1) is 13.7 Å². The lowest BCUT2D eigenvalue weighted by Gasteiger charge is -2.35. The van der Waals surface area contributed by atoms with E-state index >= 15 is 0 Å². The first-order valence-electron chi connectivity index (χ1n) is 8.01. The SMILES string of the molecule is COc1cccc(N2CCN(Cc3cc(C(=O)O)c(C)o3)CC2)c1. The van der Waals surface area contributed by atoms with Gasteiger partial charge in [0.1, 0.15) is 22.8 Å². The van der Waals surface area contributed by atoms with Crippen LogP contribution >= 0.6 is 0 Å². The number of methoxy groups -OCH3 is 1. The van der Waals surface area contributed by atoms with Gasteiger partial charge in [0, 0.05) is 37.9 Å². The highest BCUT2D eigenvalue weighted by Crippen LogP contribution is 2.23. The quantitative estimate of drug-likeness (QED) is 0.909. The van der Waals surface area contributed by atoms with E-state index in [2.05, 4.69) is 15.9 Å². The van der Waals surface area contributed by atoms with E-state index in [9.17, 15) is 4.79 Å². The molecule has 2 heterocycles. The smallest absolute Gasteiger partial charge is 0.339 e. The third-order valence-electron chi connectivity index (χ3n) is 4.37. The number of aryl methyl sites for hydroxylation is 1. The van der Waals surface area contributed by atoms with Crippen molar-refractivity contribution in [1.82, 2.24) is 4.90 Å². The van der Waals surface area contributed by atoms with E-state index in [1.54, 1.807) is 20.1 Å². The van der Waals surface area contributed by atoms with Crippen molar-refractivity contribution in [3.8, 4) is 5.75 Å². The molecule has 3 rings (SSSR count). The molecule has 6 nitrogen and oxygen atoms in total. The Morgan fingerprint density at radius 2 is 2.00 bits per heavy atom. The molecule has 128 valence electrons. The number of aromatic carboxylic acids is 1. The van der Waals surface area contributed by atoms with Gasteiger partial charge in [-0.15, -0.1) is 0 Å². The number of carboxylic acids is 1. The fourth-order valence-electron chi connectivity index (χ4n) is 3.03. The van der Waals surface area contributed by atoms with Crippen molar-refractivity contribution in [2.45, 2.75) is 13.5 Å². The maximum Gasteiger partial charge on any atom is 0.339 e. The van der Waals surface area contributed by atoms with E-state index in [-0.39, 0.29) is 5.56 Å². The van der Waals surface area contributed by atoms with Crippen LogP contribution in [0, 0.1) is 6.92 Å². The summed E-state index contributed by atoms with van der Waals surface area (Å²) in [6.07, 6.45) is 0. The molecular weight excluding hydrogens is 308 g/mol. The summed E-state index contributed by atoms with van der Waals surface area (Å²) in [4.78, 5) is 15.7. The van der Waals surface area contributed by atoms with E-state index in [4.69, 9.17) is 14.3 Å². The fraction of sp³-hybridized carbons (Fsp3) is 0.389. The van der Waals surface area contributed by atoms with Crippen molar-refractivity contribution >= 4 is 11.7 Å². The van der Waals surface area contributed by atoms with Gasteiger partial charge in [-0.1, -0.05) is 6.07 Å². The molecule has 2 aromatic rings. The molecule has 24 heavy (non-hydrogen) atoms. The van der Waals surface area contributed by atoms with Crippen molar-refractivity contribution in [1.29, 1.82) is 0 Å². The Hall–Kier alpha value is -2.47. The van der Waals surface area contributed by atoms with Gasteiger partial charge in [-0.2, -0.15) is 0 Å². The Labute approximate surface area is 141 Å². The zero-order chi connectivity index (χ0) is 17.1. The summed E-state index contributed by atoms with van der Waals surface area (Å²) in [6, 6.07) is 9.71. The first-order valence-corrected chi connectivity index (χ1v) is 8.01. The summed E-state index contributed by atoms with van der Waals surface area (Å²) in [5.41, 5.74) is 1.41. The molecule has 0 atom stereocenters. The summed E-state index contributed by atoms with van der Waals surface area (Å²) >= 11 is 0. The molecule has 1 fully saturated rings. The van der Waals surface area contributed by atoms with Crippen LogP contribution in [0.15, 0.2) is 34.7 Å². The van der Waals surface area contributed by atoms with Crippen molar-refractivity contribution in [2.24, 2.45) is 0 Å². The van der Waals surface area contributed by atoms with Crippen molar-refractivity contribution in [3.05, 3.63) is 47.4 Å². The van der Waals surface area contributed by atoms with E-state index in [0.717, 1.165) is 37.6 Å². The third-order valence-corrected chi connectivity index (χ3v) is 4.37. The second kappa shape index (κ2) is 6.97. The Morgan fingerprint density at radius 1 is 1.25 bits per heavy atom. The monoisotopic (exact) mass is 330 g/mol.